The number of rotatable bonds is 5. The fourth-order valence-electron chi connectivity index (χ4n) is 1.56. The van der Waals surface area contributed by atoms with Gasteiger partial charge in [-0.2, -0.15) is 11.8 Å². The third-order valence-electron chi connectivity index (χ3n) is 3.00. The third kappa shape index (κ3) is 4.56. The highest BCUT2D eigenvalue weighted by Crippen LogP contribution is 2.13. The minimum Gasteiger partial charge on any atom is -0.341 e. The van der Waals surface area contributed by atoms with Crippen LogP contribution in [0.4, 0.5) is 0 Å². The van der Waals surface area contributed by atoms with Crippen LogP contribution in [0.2, 0.25) is 0 Å². The van der Waals surface area contributed by atoms with E-state index >= 15 is 0 Å². The molecule has 0 aliphatic carbocycles. The van der Waals surface area contributed by atoms with Crippen LogP contribution in [0.1, 0.15) is 33.1 Å². The van der Waals surface area contributed by atoms with E-state index in [2.05, 4.69) is 13.8 Å². The van der Waals surface area contributed by atoms with Crippen molar-refractivity contribution in [3.8, 4) is 0 Å². The Balaban J connectivity index is 2.17. The highest BCUT2D eigenvalue weighted by molar-refractivity contribution is 7.99. The molecule has 0 N–H and O–H groups in total. The summed E-state index contributed by atoms with van der Waals surface area (Å²) < 4.78 is 0. The van der Waals surface area contributed by atoms with Gasteiger partial charge in [-0.1, -0.05) is 20.3 Å². The molecule has 4 heteroatoms. The fourth-order valence-corrected chi connectivity index (χ4v) is 2.68. The van der Waals surface area contributed by atoms with Crippen LogP contribution in [0.3, 0.4) is 0 Å². The number of hydrogen-bond acceptors (Lipinski definition) is 3. The number of Topliss-reactive ketones (excluding diaryl/α,β-unsaturated/α-hetero) is 1. The van der Waals surface area contributed by atoms with Gasteiger partial charge >= 0.3 is 0 Å². The molecule has 92 valence electrons. The highest BCUT2D eigenvalue weighted by Gasteiger charge is 2.20. The minimum absolute atomic E-state index is 0.195. The Morgan fingerprint density at radius 3 is 2.62 bits per heavy atom. The van der Waals surface area contributed by atoms with Crippen LogP contribution in [0.5, 0.6) is 0 Å². The highest BCUT2D eigenvalue weighted by atomic mass is 32.2. The molecule has 1 aliphatic rings. The van der Waals surface area contributed by atoms with E-state index in [1.807, 2.05) is 4.90 Å². The molecule has 1 saturated heterocycles. The maximum absolute atomic E-state index is 11.8. The van der Waals surface area contributed by atoms with E-state index in [0.29, 0.717) is 37.6 Å². The first-order valence-electron chi connectivity index (χ1n) is 6.00. The van der Waals surface area contributed by atoms with Crippen LogP contribution < -0.4 is 0 Å². The quantitative estimate of drug-likeness (QED) is 0.740. The average molecular weight is 243 g/mol. The van der Waals surface area contributed by atoms with Crippen LogP contribution in [0.15, 0.2) is 0 Å². The molecular weight excluding hydrogens is 222 g/mol. The van der Waals surface area contributed by atoms with Crippen molar-refractivity contribution < 1.29 is 9.59 Å². The molecule has 16 heavy (non-hydrogen) atoms. The smallest absolute Gasteiger partial charge is 0.232 e. The number of piperidine rings is 1. The lowest BCUT2D eigenvalue weighted by Gasteiger charge is -2.26. The molecule has 3 nitrogen and oxygen atoms in total. The summed E-state index contributed by atoms with van der Waals surface area (Å²) in [6, 6.07) is 0. The van der Waals surface area contributed by atoms with Crippen molar-refractivity contribution in [1.29, 1.82) is 0 Å². The number of ketones is 1. The second-order valence-corrected chi connectivity index (χ2v) is 5.48. The Morgan fingerprint density at radius 1 is 1.44 bits per heavy atom. The van der Waals surface area contributed by atoms with E-state index in [0.717, 1.165) is 5.75 Å². The van der Waals surface area contributed by atoms with Crippen LogP contribution >= 0.6 is 11.8 Å². The van der Waals surface area contributed by atoms with Gasteiger partial charge in [0.15, 0.2) is 0 Å². The second kappa shape index (κ2) is 6.94. The van der Waals surface area contributed by atoms with Gasteiger partial charge in [0.2, 0.25) is 5.91 Å². The SMILES string of the molecule is CCC(C)CSCC(=O)N1CCC(=O)CC1. The summed E-state index contributed by atoms with van der Waals surface area (Å²) in [4.78, 5) is 24.6. The molecule has 1 fully saturated rings. The number of amides is 1. The topological polar surface area (TPSA) is 37.4 Å². The van der Waals surface area contributed by atoms with Crippen molar-refractivity contribution >= 4 is 23.5 Å². The van der Waals surface area contributed by atoms with E-state index < -0.39 is 0 Å². The Labute approximate surface area is 102 Å². The normalized spacial score (nSPS) is 18.6. The zero-order valence-corrected chi connectivity index (χ0v) is 11.0. The summed E-state index contributed by atoms with van der Waals surface area (Å²) in [6.07, 6.45) is 2.25. The lowest BCUT2D eigenvalue weighted by molar-refractivity contribution is -0.132. The lowest BCUT2D eigenvalue weighted by atomic mass is 10.1. The van der Waals surface area contributed by atoms with E-state index in [1.54, 1.807) is 11.8 Å². The van der Waals surface area contributed by atoms with Crippen molar-refractivity contribution in [1.82, 2.24) is 4.90 Å². The summed E-state index contributed by atoms with van der Waals surface area (Å²) >= 11 is 1.71. The Kier molecular flexibility index (Phi) is 5.88. The van der Waals surface area contributed by atoms with Crippen molar-refractivity contribution in [2.45, 2.75) is 33.1 Å². The van der Waals surface area contributed by atoms with Gasteiger partial charge in [0.1, 0.15) is 5.78 Å². The van der Waals surface area contributed by atoms with Gasteiger partial charge in [0.25, 0.3) is 0 Å². The number of nitrogens with zero attached hydrogens (tertiary/aromatic N) is 1. The summed E-state index contributed by atoms with van der Waals surface area (Å²) in [5.41, 5.74) is 0. The molecule has 0 aromatic rings. The molecule has 1 rings (SSSR count). The number of carbonyl (C=O) groups is 2. The average Bonchev–Trinajstić information content (AvgIpc) is 2.29. The van der Waals surface area contributed by atoms with E-state index in [-0.39, 0.29) is 11.7 Å². The Morgan fingerprint density at radius 2 is 2.06 bits per heavy atom. The van der Waals surface area contributed by atoms with Gasteiger partial charge in [-0.25, -0.2) is 0 Å². The summed E-state index contributed by atoms with van der Waals surface area (Å²) in [6.45, 7) is 5.63. The Bertz CT molecular complexity index is 245. The molecule has 0 bridgehead atoms. The number of carbonyl (C=O) groups excluding carboxylic acids is 2. The van der Waals surface area contributed by atoms with Crippen molar-refractivity contribution in [2.24, 2.45) is 5.92 Å². The molecule has 0 radical (unpaired) electrons. The van der Waals surface area contributed by atoms with Crippen LogP contribution in [-0.4, -0.2) is 41.2 Å². The second-order valence-electron chi connectivity index (χ2n) is 4.45. The fraction of sp³-hybridized carbons (Fsp3) is 0.833. The third-order valence-corrected chi connectivity index (χ3v) is 4.25. The lowest BCUT2D eigenvalue weighted by Crippen LogP contribution is -2.39. The summed E-state index contributed by atoms with van der Waals surface area (Å²) in [5.74, 6) is 2.78. The van der Waals surface area contributed by atoms with Gasteiger partial charge in [0.05, 0.1) is 5.75 Å². The maximum atomic E-state index is 11.8. The van der Waals surface area contributed by atoms with E-state index in [4.69, 9.17) is 0 Å². The zero-order valence-electron chi connectivity index (χ0n) is 10.2. The Hall–Kier alpha value is -0.510. The zero-order chi connectivity index (χ0) is 12.0. The summed E-state index contributed by atoms with van der Waals surface area (Å²) in [7, 11) is 0. The predicted octanol–water partition coefficient (Wildman–Crippen LogP) is 1.96. The molecule has 1 aliphatic heterocycles. The standard InChI is InChI=1S/C12H21NO2S/c1-3-10(2)8-16-9-12(15)13-6-4-11(14)5-7-13/h10H,3-9H2,1-2H3. The van der Waals surface area contributed by atoms with Gasteiger partial charge in [-0.3, -0.25) is 9.59 Å². The van der Waals surface area contributed by atoms with Gasteiger partial charge in [0, 0.05) is 25.9 Å². The first-order chi connectivity index (χ1) is 7.63. The van der Waals surface area contributed by atoms with E-state index in [1.165, 1.54) is 6.42 Å². The molecule has 0 aromatic heterocycles. The van der Waals surface area contributed by atoms with Gasteiger partial charge in [-0.15, -0.1) is 0 Å². The van der Waals surface area contributed by atoms with Gasteiger partial charge in [-0.05, 0) is 11.7 Å². The molecular formula is C12H21NO2S. The first kappa shape index (κ1) is 13.6. The molecule has 1 amide bonds. The van der Waals surface area contributed by atoms with Crippen LogP contribution in [0.25, 0.3) is 0 Å². The van der Waals surface area contributed by atoms with Crippen molar-refractivity contribution in [3.05, 3.63) is 0 Å². The first-order valence-corrected chi connectivity index (χ1v) is 7.16. The van der Waals surface area contributed by atoms with Crippen LogP contribution in [-0.2, 0) is 9.59 Å². The van der Waals surface area contributed by atoms with Gasteiger partial charge < -0.3 is 4.90 Å². The molecule has 1 unspecified atom stereocenters. The predicted molar refractivity (Wildman–Crippen MR) is 67.6 cm³/mol. The van der Waals surface area contributed by atoms with Crippen molar-refractivity contribution in [3.63, 3.8) is 0 Å². The minimum atomic E-state index is 0.195. The molecule has 0 saturated carbocycles. The number of thioether (sulfide) groups is 1. The molecule has 1 atom stereocenters. The molecule has 1 heterocycles. The van der Waals surface area contributed by atoms with Crippen LogP contribution in [0, 0.1) is 5.92 Å². The largest absolute Gasteiger partial charge is 0.341 e. The number of likely N-dealkylation sites (tertiary alicyclic amines) is 1. The maximum Gasteiger partial charge on any atom is 0.232 e. The van der Waals surface area contributed by atoms with Crippen molar-refractivity contribution in [2.75, 3.05) is 24.6 Å². The van der Waals surface area contributed by atoms with E-state index in [9.17, 15) is 9.59 Å². The molecule has 0 spiro atoms. The number of hydrogen-bond donors (Lipinski definition) is 0. The molecule has 0 aromatic carbocycles. The summed E-state index contributed by atoms with van der Waals surface area (Å²) in [5, 5.41) is 0. The monoisotopic (exact) mass is 243 g/mol.